The van der Waals surface area contributed by atoms with Crippen molar-refractivity contribution in [3.63, 3.8) is 0 Å². The first-order valence-electron chi connectivity index (χ1n) is 5.96. The second-order valence-corrected chi connectivity index (χ2v) is 6.02. The van der Waals surface area contributed by atoms with Gasteiger partial charge in [0.05, 0.1) is 12.0 Å². The zero-order valence-corrected chi connectivity index (χ0v) is 12.3. The van der Waals surface area contributed by atoms with Crippen LogP contribution in [0.1, 0.15) is 5.69 Å². The van der Waals surface area contributed by atoms with Crippen LogP contribution in [0.25, 0.3) is 21.2 Å². The second-order valence-electron chi connectivity index (χ2n) is 4.33. The third-order valence-electron chi connectivity index (χ3n) is 3.16. The van der Waals surface area contributed by atoms with E-state index < -0.39 is 0 Å². The number of fused-ring (bicyclic) bond motifs is 1. The van der Waals surface area contributed by atoms with Crippen molar-refractivity contribution in [2.24, 2.45) is 0 Å². The molecule has 4 heteroatoms. The molecule has 0 fully saturated rings. The minimum Gasteiger partial charge on any atom is -0.496 e. The van der Waals surface area contributed by atoms with Gasteiger partial charge in [0.25, 0.3) is 0 Å². The smallest absolute Gasteiger partial charge is 0.159 e. The van der Waals surface area contributed by atoms with E-state index in [1.807, 2.05) is 25.1 Å². The number of H-pyrrole nitrogens is 1. The standard InChI is InChI=1S/C15H13NOS2/c1-9-14(19-15(18)16-9)13-11-6-4-3-5-10(11)7-8-12(13)17-2/h3-8H,1-2H3,(H,16,18). The van der Waals surface area contributed by atoms with Crippen LogP contribution >= 0.6 is 23.6 Å². The van der Waals surface area contributed by atoms with Gasteiger partial charge in [0, 0.05) is 11.3 Å². The number of thiazole rings is 1. The number of hydrogen-bond donors (Lipinski definition) is 1. The minimum atomic E-state index is 0.794. The lowest BCUT2D eigenvalue weighted by Crippen LogP contribution is -1.89. The maximum Gasteiger partial charge on any atom is 0.159 e. The molecule has 0 radical (unpaired) electrons. The summed E-state index contributed by atoms with van der Waals surface area (Å²) >= 11 is 6.84. The Bertz CT molecular complexity index is 801. The second kappa shape index (κ2) is 4.79. The fourth-order valence-corrected chi connectivity index (χ4v) is 3.61. The topological polar surface area (TPSA) is 25.0 Å². The molecule has 19 heavy (non-hydrogen) atoms. The molecule has 0 aliphatic rings. The van der Waals surface area contributed by atoms with Crippen LogP contribution in [0, 0.1) is 10.9 Å². The lowest BCUT2D eigenvalue weighted by atomic mass is 10.0. The van der Waals surface area contributed by atoms with Crippen molar-refractivity contribution in [2.75, 3.05) is 7.11 Å². The molecule has 3 rings (SSSR count). The highest BCUT2D eigenvalue weighted by atomic mass is 32.1. The average Bonchev–Trinajstić information content (AvgIpc) is 2.76. The molecule has 2 aromatic carbocycles. The Morgan fingerprint density at radius 2 is 1.95 bits per heavy atom. The van der Waals surface area contributed by atoms with Crippen molar-refractivity contribution in [1.29, 1.82) is 0 Å². The molecule has 0 spiro atoms. The predicted octanol–water partition coefficient (Wildman–Crippen LogP) is 4.94. The summed E-state index contributed by atoms with van der Waals surface area (Å²) in [4.78, 5) is 4.35. The van der Waals surface area contributed by atoms with E-state index in [1.54, 1.807) is 18.4 Å². The van der Waals surface area contributed by atoms with E-state index in [0.29, 0.717) is 0 Å². The van der Waals surface area contributed by atoms with Crippen LogP contribution in [-0.2, 0) is 0 Å². The summed E-state index contributed by atoms with van der Waals surface area (Å²) in [6, 6.07) is 12.4. The number of methoxy groups -OCH3 is 1. The SMILES string of the molecule is COc1ccc2ccccc2c1-c1sc(=S)[nH]c1C. The maximum absolute atomic E-state index is 5.53. The first-order chi connectivity index (χ1) is 9.20. The van der Waals surface area contributed by atoms with Gasteiger partial charge in [-0.2, -0.15) is 0 Å². The molecular weight excluding hydrogens is 274 g/mol. The number of nitrogens with one attached hydrogen (secondary N) is 1. The molecule has 1 heterocycles. The van der Waals surface area contributed by atoms with Crippen LogP contribution in [0.3, 0.4) is 0 Å². The zero-order chi connectivity index (χ0) is 13.4. The van der Waals surface area contributed by atoms with E-state index in [-0.39, 0.29) is 0 Å². The summed E-state index contributed by atoms with van der Waals surface area (Å²) in [6.07, 6.45) is 0. The van der Waals surface area contributed by atoms with Crippen molar-refractivity contribution in [3.05, 3.63) is 46.0 Å². The van der Waals surface area contributed by atoms with Gasteiger partial charge < -0.3 is 9.72 Å². The number of hydrogen-bond acceptors (Lipinski definition) is 3. The average molecular weight is 287 g/mol. The van der Waals surface area contributed by atoms with Crippen molar-refractivity contribution >= 4 is 34.3 Å². The molecular formula is C15H13NOS2. The van der Waals surface area contributed by atoms with Crippen LogP contribution in [0.2, 0.25) is 0 Å². The summed E-state index contributed by atoms with van der Waals surface area (Å²) in [7, 11) is 1.70. The molecule has 0 unspecified atom stereocenters. The number of aromatic amines is 1. The largest absolute Gasteiger partial charge is 0.496 e. The van der Waals surface area contributed by atoms with Gasteiger partial charge in [0.2, 0.25) is 0 Å². The highest BCUT2D eigenvalue weighted by Crippen LogP contribution is 2.40. The summed E-state index contributed by atoms with van der Waals surface area (Å²) in [5, 5.41) is 2.40. The summed E-state index contributed by atoms with van der Waals surface area (Å²) in [6.45, 7) is 2.04. The summed E-state index contributed by atoms with van der Waals surface area (Å²) in [5.74, 6) is 0.882. The fourth-order valence-electron chi connectivity index (χ4n) is 2.30. The van der Waals surface area contributed by atoms with Crippen LogP contribution in [0.15, 0.2) is 36.4 Å². The lowest BCUT2D eigenvalue weighted by Gasteiger charge is -2.11. The fraction of sp³-hybridized carbons (Fsp3) is 0.133. The first kappa shape index (κ1) is 12.4. The molecule has 2 nitrogen and oxygen atoms in total. The highest BCUT2D eigenvalue weighted by molar-refractivity contribution is 7.73. The lowest BCUT2D eigenvalue weighted by molar-refractivity contribution is 0.417. The van der Waals surface area contributed by atoms with Gasteiger partial charge in [0.15, 0.2) is 3.95 Å². The molecule has 0 atom stereocenters. The van der Waals surface area contributed by atoms with Crippen LogP contribution in [0.4, 0.5) is 0 Å². The van der Waals surface area contributed by atoms with Gasteiger partial charge in [-0.3, -0.25) is 0 Å². The van der Waals surface area contributed by atoms with Crippen molar-refractivity contribution in [1.82, 2.24) is 4.98 Å². The summed E-state index contributed by atoms with van der Waals surface area (Å²) in [5.41, 5.74) is 2.21. The van der Waals surface area contributed by atoms with Crippen LogP contribution < -0.4 is 4.74 Å². The molecule has 0 bridgehead atoms. The minimum absolute atomic E-state index is 0.794. The van der Waals surface area contributed by atoms with Gasteiger partial charge in [-0.05, 0) is 36.0 Å². The van der Waals surface area contributed by atoms with E-state index in [9.17, 15) is 0 Å². The Morgan fingerprint density at radius 3 is 2.63 bits per heavy atom. The van der Waals surface area contributed by atoms with Crippen molar-refractivity contribution in [3.8, 4) is 16.2 Å². The Hall–Kier alpha value is -1.65. The van der Waals surface area contributed by atoms with E-state index in [4.69, 9.17) is 17.0 Å². The number of aryl methyl sites for hydroxylation is 1. The van der Waals surface area contributed by atoms with Crippen LogP contribution in [-0.4, -0.2) is 12.1 Å². The number of ether oxygens (including phenoxy) is 1. The molecule has 0 aliphatic carbocycles. The molecule has 96 valence electrons. The molecule has 0 saturated carbocycles. The van der Waals surface area contributed by atoms with E-state index in [1.165, 1.54) is 10.8 Å². The maximum atomic E-state index is 5.53. The molecule has 1 N–H and O–H groups in total. The number of benzene rings is 2. The molecule has 0 saturated heterocycles. The number of rotatable bonds is 2. The molecule has 0 amide bonds. The molecule has 1 aromatic heterocycles. The van der Waals surface area contributed by atoms with Gasteiger partial charge in [0.1, 0.15) is 5.75 Å². The van der Waals surface area contributed by atoms with E-state index in [0.717, 1.165) is 25.8 Å². The highest BCUT2D eigenvalue weighted by Gasteiger charge is 2.14. The predicted molar refractivity (Wildman–Crippen MR) is 83.7 cm³/mol. The van der Waals surface area contributed by atoms with Gasteiger partial charge in [-0.1, -0.05) is 30.3 Å². The van der Waals surface area contributed by atoms with Crippen molar-refractivity contribution in [2.45, 2.75) is 6.92 Å². The summed E-state index contributed by atoms with van der Waals surface area (Å²) < 4.78 is 6.32. The molecule has 0 aliphatic heterocycles. The monoisotopic (exact) mass is 287 g/mol. The van der Waals surface area contributed by atoms with Gasteiger partial charge in [-0.15, -0.1) is 11.3 Å². The zero-order valence-electron chi connectivity index (χ0n) is 10.7. The quantitative estimate of drug-likeness (QED) is 0.675. The Labute approximate surface area is 120 Å². The Kier molecular flexibility index (Phi) is 3.12. The van der Waals surface area contributed by atoms with Crippen molar-refractivity contribution < 1.29 is 4.74 Å². The third kappa shape index (κ3) is 2.07. The normalized spacial score (nSPS) is 10.8. The number of aromatic nitrogens is 1. The van der Waals surface area contributed by atoms with E-state index in [2.05, 4.69) is 23.2 Å². The van der Waals surface area contributed by atoms with Crippen LogP contribution in [0.5, 0.6) is 5.75 Å². The van der Waals surface area contributed by atoms with E-state index >= 15 is 0 Å². The first-order valence-corrected chi connectivity index (χ1v) is 7.19. The Morgan fingerprint density at radius 1 is 1.16 bits per heavy atom. The molecule has 3 aromatic rings. The third-order valence-corrected chi connectivity index (χ3v) is 4.52. The van der Waals surface area contributed by atoms with Gasteiger partial charge >= 0.3 is 0 Å². The Balaban J connectivity index is 2.43. The van der Waals surface area contributed by atoms with Gasteiger partial charge in [-0.25, -0.2) is 0 Å².